The second-order valence-electron chi connectivity index (χ2n) is 3.92. The Morgan fingerprint density at radius 2 is 2.18 bits per heavy atom. The van der Waals surface area contributed by atoms with Gasteiger partial charge in [-0.15, -0.1) is 11.8 Å². The third-order valence-corrected chi connectivity index (χ3v) is 3.51. The molecule has 1 aliphatic rings. The van der Waals surface area contributed by atoms with E-state index in [1.54, 1.807) is 16.7 Å². The molecule has 0 saturated carbocycles. The second kappa shape index (κ2) is 5.77. The lowest BCUT2D eigenvalue weighted by Gasteiger charge is -2.24. The van der Waals surface area contributed by atoms with Crippen LogP contribution in [-0.4, -0.2) is 22.1 Å². The fraction of sp³-hybridized carbons (Fsp3) is 0.308. The summed E-state index contributed by atoms with van der Waals surface area (Å²) in [6.07, 6.45) is 3.89. The quantitative estimate of drug-likeness (QED) is 0.873. The van der Waals surface area contributed by atoms with Crippen molar-refractivity contribution in [3.05, 3.63) is 48.2 Å². The van der Waals surface area contributed by atoms with E-state index in [9.17, 15) is 4.79 Å². The van der Waals surface area contributed by atoms with Gasteiger partial charge < -0.3 is 5.32 Å². The van der Waals surface area contributed by atoms with Crippen molar-refractivity contribution in [2.45, 2.75) is 18.8 Å². The Labute approximate surface area is 106 Å². The Kier molecular flexibility index (Phi) is 4.09. The van der Waals surface area contributed by atoms with Crippen LogP contribution in [0.1, 0.15) is 12.5 Å². The van der Waals surface area contributed by atoms with Crippen LogP contribution in [0.25, 0.3) is 0 Å². The van der Waals surface area contributed by atoms with Crippen LogP contribution in [0.15, 0.2) is 42.6 Å². The fourth-order valence-corrected chi connectivity index (χ4v) is 2.31. The first-order valence-corrected chi connectivity index (χ1v) is 6.70. The summed E-state index contributed by atoms with van der Waals surface area (Å²) in [6.45, 7) is 2.61. The van der Waals surface area contributed by atoms with Crippen LogP contribution < -0.4 is 5.32 Å². The van der Waals surface area contributed by atoms with Gasteiger partial charge in [-0.2, -0.15) is 0 Å². The number of thioether (sulfide) groups is 1. The monoisotopic (exact) mass is 248 g/mol. The minimum Gasteiger partial charge on any atom is -0.326 e. The van der Waals surface area contributed by atoms with Gasteiger partial charge in [-0.1, -0.05) is 36.4 Å². The zero-order valence-electron chi connectivity index (χ0n) is 9.80. The number of nitrogens with one attached hydrogen (secondary N) is 1. The Balaban J connectivity index is 2.07. The summed E-state index contributed by atoms with van der Waals surface area (Å²) in [5.74, 6) is 0.923. The van der Waals surface area contributed by atoms with Crippen LogP contribution in [0.4, 0.5) is 4.79 Å². The third-order valence-electron chi connectivity index (χ3n) is 2.51. The van der Waals surface area contributed by atoms with Gasteiger partial charge in [-0.25, -0.2) is 4.79 Å². The van der Waals surface area contributed by atoms with Gasteiger partial charge in [0.25, 0.3) is 0 Å². The maximum absolute atomic E-state index is 11.9. The van der Waals surface area contributed by atoms with E-state index >= 15 is 0 Å². The van der Waals surface area contributed by atoms with Gasteiger partial charge in [-0.05, 0) is 12.5 Å². The molecule has 0 bridgehead atoms. The molecular weight excluding hydrogens is 232 g/mol. The van der Waals surface area contributed by atoms with Gasteiger partial charge in [0, 0.05) is 12.0 Å². The lowest BCUT2D eigenvalue weighted by Crippen LogP contribution is -2.40. The molecule has 1 aromatic rings. The van der Waals surface area contributed by atoms with Crippen LogP contribution >= 0.6 is 11.8 Å². The van der Waals surface area contributed by atoms with E-state index in [4.69, 9.17) is 0 Å². The molecule has 1 atom stereocenters. The second-order valence-corrected chi connectivity index (χ2v) is 5.30. The van der Waals surface area contributed by atoms with Gasteiger partial charge in [-0.3, -0.25) is 4.90 Å². The highest BCUT2D eigenvalue weighted by atomic mass is 32.2. The van der Waals surface area contributed by atoms with Crippen LogP contribution in [0.2, 0.25) is 0 Å². The van der Waals surface area contributed by atoms with Crippen LogP contribution in [0, 0.1) is 0 Å². The Bertz CT molecular complexity index is 405. The lowest BCUT2D eigenvalue weighted by molar-refractivity contribution is 0.213. The predicted octanol–water partition coefficient (Wildman–Crippen LogP) is 2.80. The summed E-state index contributed by atoms with van der Waals surface area (Å²) < 4.78 is 0. The number of hydrogen-bond acceptors (Lipinski definition) is 2. The number of carbonyl (C=O) groups excluding carboxylic acids is 1. The first-order valence-electron chi connectivity index (χ1n) is 5.65. The summed E-state index contributed by atoms with van der Waals surface area (Å²) in [4.78, 5) is 13.6. The molecule has 1 unspecified atom stereocenters. The van der Waals surface area contributed by atoms with Crippen molar-refractivity contribution < 1.29 is 4.79 Å². The molecule has 1 aliphatic heterocycles. The molecule has 4 heteroatoms. The Morgan fingerprint density at radius 1 is 1.41 bits per heavy atom. The molecule has 0 radical (unpaired) electrons. The summed E-state index contributed by atoms with van der Waals surface area (Å²) in [6, 6.07) is 9.96. The minimum absolute atomic E-state index is 0.0372. The van der Waals surface area contributed by atoms with Gasteiger partial charge >= 0.3 is 6.03 Å². The molecule has 1 aromatic carbocycles. The van der Waals surface area contributed by atoms with Crippen LogP contribution in [-0.2, 0) is 6.54 Å². The van der Waals surface area contributed by atoms with E-state index in [0.717, 1.165) is 11.3 Å². The molecule has 0 aromatic heterocycles. The lowest BCUT2D eigenvalue weighted by atomic mass is 10.2. The molecular formula is C13H16N2OS. The summed E-state index contributed by atoms with van der Waals surface area (Å²) in [7, 11) is 0. The van der Waals surface area contributed by atoms with Crippen molar-refractivity contribution in [2.24, 2.45) is 0 Å². The number of benzene rings is 1. The van der Waals surface area contributed by atoms with Crippen LogP contribution in [0.3, 0.4) is 0 Å². The van der Waals surface area contributed by atoms with Gasteiger partial charge in [0.2, 0.25) is 0 Å². The van der Waals surface area contributed by atoms with E-state index in [1.165, 1.54) is 0 Å². The van der Waals surface area contributed by atoms with Gasteiger partial charge in [0.1, 0.15) is 0 Å². The number of carbonyl (C=O) groups is 1. The van der Waals surface area contributed by atoms with Crippen molar-refractivity contribution in [1.29, 1.82) is 0 Å². The normalized spacial score (nSPS) is 22.5. The maximum atomic E-state index is 11.9. The zero-order valence-corrected chi connectivity index (χ0v) is 10.6. The highest BCUT2D eigenvalue weighted by Gasteiger charge is 2.15. The van der Waals surface area contributed by atoms with E-state index < -0.39 is 0 Å². The largest absolute Gasteiger partial charge is 0.326 e. The SMILES string of the molecule is CC1NC(=O)N(Cc2ccccc2)/C=C/CS1. The number of hydrogen-bond donors (Lipinski definition) is 1. The molecule has 0 fully saturated rings. The minimum atomic E-state index is -0.0372. The smallest absolute Gasteiger partial charge is 0.322 e. The number of rotatable bonds is 2. The summed E-state index contributed by atoms with van der Waals surface area (Å²) in [5, 5.41) is 3.11. The van der Waals surface area contributed by atoms with Crippen molar-refractivity contribution in [1.82, 2.24) is 10.2 Å². The number of amides is 2. The van der Waals surface area contributed by atoms with E-state index in [1.807, 2.05) is 49.5 Å². The van der Waals surface area contributed by atoms with E-state index in [2.05, 4.69) is 5.32 Å². The molecule has 0 saturated heterocycles. The van der Waals surface area contributed by atoms with E-state index in [-0.39, 0.29) is 11.4 Å². The standard InChI is InChI=1S/C13H16N2OS/c1-11-14-13(16)15(8-5-9-17-11)10-12-6-3-2-4-7-12/h2-8,11H,9-10H2,1H3,(H,14,16)/b8-5+. The zero-order chi connectivity index (χ0) is 12.1. The van der Waals surface area contributed by atoms with Gasteiger partial charge in [0.15, 0.2) is 0 Å². The highest BCUT2D eigenvalue weighted by Crippen LogP contribution is 2.13. The average Bonchev–Trinajstić information content (AvgIpc) is 2.32. The van der Waals surface area contributed by atoms with Crippen molar-refractivity contribution in [3.63, 3.8) is 0 Å². The molecule has 1 N–H and O–H groups in total. The van der Waals surface area contributed by atoms with E-state index in [0.29, 0.717) is 6.54 Å². The third kappa shape index (κ3) is 3.53. The average molecular weight is 248 g/mol. The number of nitrogens with zero attached hydrogens (tertiary/aromatic N) is 1. The van der Waals surface area contributed by atoms with Crippen molar-refractivity contribution >= 4 is 17.8 Å². The topological polar surface area (TPSA) is 32.3 Å². The Morgan fingerprint density at radius 3 is 2.94 bits per heavy atom. The molecule has 2 amide bonds. The predicted molar refractivity (Wildman–Crippen MR) is 71.6 cm³/mol. The number of urea groups is 1. The maximum Gasteiger partial charge on any atom is 0.322 e. The molecule has 90 valence electrons. The highest BCUT2D eigenvalue weighted by molar-refractivity contribution is 8.00. The first kappa shape index (κ1) is 12.0. The van der Waals surface area contributed by atoms with Crippen molar-refractivity contribution in [3.8, 4) is 0 Å². The molecule has 2 rings (SSSR count). The van der Waals surface area contributed by atoms with Gasteiger partial charge in [0.05, 0.1) is 11.9 Å². The van der Waals surface area contributed by atoms with Crippen LogP contribution in [0.5, 0.6) is 0 Å². The fourth-order valence-electron chi connectivity index (χ4n) is 1.64. The summed E-state index contributed by atoms with van der Waals surface area (Å²) in [5.41, 5.74) is 1.13. The first-order chi connectivity index (χ1) is 8.25. The molecule has 0 aliphatic carbocycles. The molecule has 0 spiro atoms. The van der Waals surface area contributed by atoms with Crippen molar-refractivity contribution in [2.75, 3.05) is 5.75 Å². The molecule has 3 nitrogen and oxygen atoms in total. The molecule has 17 heavy (non-hydrogen) atoms. The Hall–Kier alpha value is -1.42. The summed E-state index contributed by atoms with van der Waals surface area (Å²) >= 11 is 1.72. The molecule has 1 heterocycles.